The molecule has 0 aliphatic carbocycles. The number of H-pyrrole nitrogens is 1. The predicted molar refractivity (Wildman–Crippen MR) is 92.0 cm³/mol. The summed E-state index contributed by atoms with van der Waals surface area (Å²) in [5, 5.41) is 1.19. The average Bonchev–Trinajstić information content (AvgIpc) is 3.17. The first kappa shape index (κ1) is 14.1. The molecule has 114 valence electrons. The van der Waals surface area contributed by atoms with Crippen LogP contribution in [0.1, 0.15) is 17.3 Å². The maximum atomic E-state index is 12.7. The minimum atomic E-state index is -0.276. The lowest BCUT2D eigenvalue weighted by molar-refractivity contribution is 0.0995. The zero-order valence-electron chi connectivity index (χ0n) is 12.4. The second kappa shape index (κ2) is 5.59. The zero-order valence-corrected chi connectivity index (χ0v) is 13.3. The maximum Gasteiger partial charge on any atom is 0.257 e. The fraction of sp³-hybridized carbons (Fsp3) is 0.111. The molecule has 4 nitrogen and oxygen atoms in total. The van der Waals surface area contributed by atoms with Gasteiger partial charge in [-0.3, -0.25) is 4.79 Å². The number of ketones is 1. The van der Waals surface area contributed by atoms with Gasteiger partial charge in [0.2, 0.25) is 0 Å². The monoisotopic (exact) mass is 322 g/mol. The molecule has 2 aromatic heterocycles. The Hall–Kier alpha value is -2.53. The fourth-order valence-electron chi connectivity index (χ4n) is 2.60. The molecule has 2 heterocycles. The summed E-state index contributed by atoms with van der Waals surface area (Å²) in [7, 11) is 0. The van der Waals surface area contributed by atoms with E-state index < -0.39 is 0 Å². The second-order valence-corrected chi connectivity index (χ2v) is 6.61. The smallest absolute Gasteiger partial charge is 0.257 e. The normalized spacial score (nSPS) is 12.7. The lowest BCUT2D eigenvalue weighted by Gasteiger charge is -2.06. The summed E-state index contributed by atoms with van der Waals surface area (Å²) >= 11 is 1.34. The number of oxazole rings is 1. The van der Waals surface area contributed by atoms with Crippen molar-refractivity contribution in [3.63, 3.8) is 0 Å². The van der Waals surface area contributed by atoms with Crippen molar-refractivity contribution in [2.24, 2.45) is 0 Å². The largest absolute Gasteiger partial charge is 0.431 e. The second-order valence-electron chi connectivity index (χ2n) is 5.32. The molecule has 0 amide bonds. The Morgan fingerprint density at radius 3 is 2.83 bits per heavy atom. The van der Waals surface area contributed by atoms with Crippen LogP contribution in [-0.4, -0.2) is 21.0 Å². The Bertz CT molecular complexity index is 969. The van der Waals surface area contributed by atoms with Gasteiger partial charge in [0.05, 0.1) is 5.25 Å². The first-order chi connectivity index (χ1) is 11.2. The number of carbonyl (C=O) groups is 1. The molecule has 1 atom stereocenters. The number of thioether (sulfide) groups is 1. The molecule has 4 aromatic rings. The van der Waals surface area contributed by atoms with Gasteiger partial charge in [-0.25, -0.2) is 4.98 Å². The van der Waals surface area contributed by atoms with Crippen LogP contribution in [0.2, 0.25) is 0 Å². The van der Waals surface area contributed by atoms with Gasteiger partial charge < -0.3 is 9.40 Å². The topological polar surface area (TPSA) is 58.9 Å². The van der Waals surface area contributed by atoms with Gasteiger partial charge in [-0.15, -0.1) is 0 Å². The molecule has 0 spiro atoms. The summed E-state index contributed by atoms with van der Waals surface area (Å²) < 4.78 is 5.69. The molecule has 0 saturated heterocycles. The van der Waals surface area contributed by atoms with E-state index >= 15 is 0 Å². The van der Waals surface area contributed by atoms with E-state index in [-0.39, 0.29) is 11.0 Å². The lowest BCUT2D eigenvalue weighted by atomic mass is 10.1. The highest BCUT2D eigenvalue weighted by molar-refractivity contribution is 8.00. The van der Waals surface area contributed by atoms with Crippen molar-refractivity contribution in [1.82, 2.24) is 9.97 Å². The van der Waals surface area contributed by atoms with E-state index in [0.29, 0.717) is 10.8 Å². The van der Waals surface area contributed by atoms with Crippen molar-refractivity contribution in [2.75, 3.05) is 0 Å². The number of hydrogen-bond acceptors (Lipinski definition) is 4. The van der Waals surface area contributed by atoms with Crippen molar-refractivity contribution >= 4 is 39.5 Å². The number of fused-ring (bicyclic) bond motifs is 2. The Kier molecular flexibility index (Phi) is 3.42. The number of rotatable bonds is 4. The molecule has 0 saturated carbocycles. The van der Waals surface area contributed by atoms with Gasteiger partial charge in [0, 0.05) is 22.7 Å². The van der Waals surface area contributed by atoms with E-state index in [0.717, 1.165) is 22.0 Å². The Morgan fingerprint density at radius 1 is 1.17 bits per heavy atom. The van der Waals surface area contributed by atoms with E-state index in [1.165, 1.54) is 11.8 Å². The molecule has 0 bridgehead atoms. The third-order valence-electron chi connectivity index (χ3n) is 3.78. The van der Waals surface area contributed by atoms with Crippen LogP contribution in [0, 0.1) is 0 Å². The van der Waals surface area contributed by atoms with Crippen LogP contribution < -0.4 is 0 Å². The number of carbonyl (C=O) groups excluding carboxylic acids is 1. The van der Waals surface area contributed by atoms with Crippen molar-refractivity contribution < 1.29 is 9.21 Å². The molecule has 23 heavy (non-hydrogen) atoms. The number of Topliss-reactive ketones (excluding diaryl/α,β-unsaturated/α-hetero) is 1. The quantitative estimate of drug-likeness (QED) is 0.438. The molecule has 0 unspecified atom stereocenters. The van der Waals surface area contributed by atoms with Crippen LogP contribution in [0.3, 0.4) is 0 Å². The van der Waals surface area contributed by atoms with Gasteiger partial charge >= 0.3 is 0 Å². The van der Waals surface area contributed by atoms with E-state index in [2.05, 4.69) is 9.97 Å². The predicted octanol–water partition coefficient (Wildman–Crippen LogP) is 4.67. The molecule has 0 fully saturated rings. The minimum absolute atomic E-state index is 0.0645. The molecule has 4 rings (SSSR count). The van der Waals surface area contributed by atoms with Crippen molar-refractivity contribution in [3.05, 3.63) is 60.3 Å². The summed E-state index contributed by atoms with van der Waals surface area (Å²) in [5.74, 6) is 0.0645. The Morgan fingerprint density at radius 2 is 1.96 bits per heavy atom. The van der Waals surface area contributed by atoms with E-state index in [9.17, 15) is 4.79 Å². The van der Waals surface area contributed by atoms with E-state index in [1.807, 2.05) is 55.5 Å². The molecular formula is C18H14N2O2S. The van der Waals surface area contributed by atoms with Crippen molar-refractivity contribution in [3.8, 4) is 0 Å². The van der Waals surface area contributed by atoms with Gasteiger partial charge in [-0.05, 0) is 25.1 Å². The summed E-state index contributed by atoms with van der Waals surface area (Å²) in [6, 6.07) is 15.4. The fourth-order valence-corrected chi connectivity index (χ4v) is 3.43. The standard InChI is InChI=1S/C18H14N2O2S/c1-11(23-18-20-15-8-4-5-9-16(15)22-18)17(21)13-10-19-14-7-3-2-6-12(13)14/h2-11,19H,1H3/t11-/m1/s1. The van der Waals surface area contributed by atoms with Gasteiger partial charge in [0.15, 0.2) is 11.4 Å². The van der Waals surface area contributed by atoms with Crippen LogP contribution in [0.4, 0.5) is 0 Å². The maximum absolute atomic E-state index is 12.7. The lowest BCUT2D eigenvalue weighted by Crippen LogP contribution is -2.12. The molecule has 0 aliphatic heterocycles. The van der Waals surface area contributed by atoms with Crippen molar-refractivity contribution in [2.45, 2.75) is 17.4 Å². The van der Waals surface area contributed by atoms with Crippen molar-refractivity contribution in [1.29, 1.82) is 0 Å². The van der Waals surface area contributed by atoms with Crippen LogP contribution >= 0.6 is 11.8 Å². The highest BCUT2D eigenvalue weighted by Crippen LogP contribution is 2.29. The van der Waals surface area contributed by atoms with Crippen LogP contribution in [0.15, 0.2) is 64.4 Å². The highest BCUT2D eigenvalue weighted by atomic mass is 32.2. The first-order valence-electron chi connectivity index (χ1n) is 7.35. The van der Waals surface area contributed by atoms with Crippen LogP contribution in [-0.2, 0) is 0 Å². The van der Waals surface area contributed by atoms with Gasteiger partial charge in [0.1, 0.15) is 5.52 Å². The molecule has 0 radical (unpaired) electrons. The Balaban J connectivity index is 1.60. The minimum Gasteiger partial charge on any atom is -0.431 e. The molecule has 0 aliphatic rings. The third-order valence-corrected chi connectivity index (χ3v) is 4.72. The van der Waals surface area contributed by atoms with Gasteiger partial charge in [-0.1, -0.05) is 42.1 Å². The summed E-state index contributed by atoms with van der Waals surface area (Å²) in [4.78, 5) is 20.3. The van der Waals surface area contributed by atoms with E-state index in [4.69, 9.17) is 4.42 Å². The molecule has 1 N–H and O–H groups in total. The van der Waals surface area contributed by atoms with E-state index in [1.54, 1.807) is 6.20 Å². The average molecular weight is 322 g/mol. The number of benzene rings is 2. The molecular weight excluding hydrogens is 308 g/mol. The molecule has 5 heteroatoms. The van der Waals surface area contributed by atoms with Crippen LogP contribution in [0.5, 0.6) is 0 Å². The first-order valence-corrected chi connectivity index (χ1v) is 8.23. The third kappa shape index (κ3) is 2.53. The van der Waals surface area contributed by atoms with Gasteiger partial charge in [-0.2, -0.15) is 0 Å². The number of aromatic amines is 1. The molecule has 2 aromatic carbocycles. The SMILES string of the molecule is C[C@@H](Sc1nc2ccccc2o1)C(=O)c1c[nH]c2ccccc12. The summed E-state index contributed by atoms with van der Waals surface area (Å²) in [5.41, 5.74) is 3.22. The number of hydrogen-bond donors (Lipinski definition) is 1. The summed E-state index contributed by atoms with van der Waals surface area (Å²) in [6.07, 6.45) is 1.77. The number of aromatic nitrogens is 2. The Labute approximate surface area is 136 Å². The zero-order chi connectivity index (χ0) is 15.8. The summed E-state index contributed by atoms with van der Waals surface area (Å²) in [6.45, 7) is 1.88. The van der Waals surface area contributed by atoms with Gasteiger partial charge in [0.25, 0.3) is 5.22 Å². The highest BCUT2D eigenvalue weighted by Gasteiger charge is 2.21. The number of nitrogens with one attached hydrogen (secondary N) is 1. The number of para-hydroxylation sites is 3. The number of nitrogens with zero attached hydrogens (tertiary/aromatic N) is 1. The van der Waals surface area contributed by atoms with Crippen LogP contribution in [0.25, 0.3) is 22.0 Å².